The monoisotopic (exact) mass is 438 g/mol. The van der Waals surface area contributed by atoms with E-state index in [1.54, 1.807) is 12.1 Å². The number of ether oxygens (including phenoxy) is 1. The Labute approximate surface area is 179 Å². The van der Waals surface area contributed by atoms with Crippen LogP contribution in [0.4, 0.5) is 0 Å². The Morgan fingerprint density at radius 1 is 1.31 bits per heavy atom. The molecule has 29 heavy (non-hydrogen) atoms. The standard InChI is InChI=1S/C21H31ClN2O4Si/c1-14-13-17(25)23-24-19(14)15-9-10-16(18(22)20(15)26)27-11-7-8-12-28-29(5,6)21(2,3)4/h7-10,14,26H,11-13H2,1-6H3,(H,23,25). The third kappa shape index (κ3) is 5.84. The maximum Gasteiger partial charge on any atom is 0.240 e. The summed E-state index contributed by atoms with van der Waals surface area (Å²) in [6.45, 7) is 13.8. The van der Waals surface area contributed by atoms with E-state index in [9.17, 15) is 9.90 Å². The lowest BCUT2D eigenvalue weighted by Crippen LogP contribution is -2.40. The fourth-order valence-electron chi connectivity index (χ4n) is 2.59. The first-order chi connectivity index (χ1) is 13.4. The second-order valence-corrected chi connectivity index (χ2v) is 14.0. The van der Waals surface area contributed by atoms with Crippen molar-refractivity contribution in [3.63, 3.8) is 0 Å². The number of phenols is 1. The van der Waals surface area contributed by atoms with Crippen LogP contribution >= 0.6 is 11.6 Å². The highest BCUT2D eigenvalue weighted by atomic mass is 35.5. The summed E-state index contributed by atoms with van der Waals surface area (Å²) in [5.74, 6) is 0.0320. The first-order valence-corrected chi connectivity index (χ1v) is 13.0. The zero-order valence-electron chi connectivity index (χ0n) is 18.0. The molecule has 1 aliphatic rings. The van der Waals surface area contributed by atoms with Crippen LogP contribution in [0.5, 0.6) is 11.5 Å². The molecule has 1 heterocycles. The van der Waals surface area contributed by atoms with Gasteiger partial charge in [-0.2, -0.15) is 5.10 Å². The van der Waals surface area contributed by atoms with E-state index in [0.717, 1.165) is 0 Å². The van der Waals surface area contributed by atoms with Crippen molar-refractivity contribution in [1.29, 1.82) is 0 Å². The second-order valence-electron chi connectivity index (χ2n) is 8.76. The largest absolute Gasteiger partial charge is 0.506 e. The van der Waals surface area contributed by atoms with Crippen molar-refractivity contribution in [3.8, 4) is 11.5 Å². The van der Waals surface area contributed by atoms with E-state index in [1.807, 2.05) is 19.1 Å². The summed E-state index contributed by atoms with van der Waals surface area (Å²) in [7, 11) is -1.76. The summed E-state index contributed by atoms with van der Waals surface area (Å²) in [5, 5.41) is 14.8. The maximum absolute atomic E-state index is 11.4. The molecule has 1 aliphatic heterocycles. The summed E-state index contributed by atoms with van der Waals surface area (Å²) < 4.78 is 11.7. The number of nitrogens with one attached hydrogen (secondary N) is 1. The number of benzene rings is 1. The quantitative estimate of drug-likeness (QED) is 0.470. The molecular formula is C21H31ClN2O4Si. The number of halogens is 1. The number of aromatic hydroxyl groups is 1. The molecule has 6 nitrogen and oxygen atoms in total. The number of hydrogen-bond acceptors (Lipinski definition) is 5. The third-order valence-electron chi connectivity index (χ3n) is 5.46. The van der Waals surface area contributed by atoms with Crippen LogP contribution in [-0.4, -0.2) is 38.3 Å². The Morgan fingerprint density at radius 3 is 2.59 bits per heavy atom. The van der Waals surface area contributed by atoms with Crippen LogP contribution in [0.1, 0.15) is 39.7 Å². The average molecular weight is 439 g/mol. The van der Waals surface area contributed by atoms with Crippen LogP contribution in [0.2, 0.25) is 23.2 Å². The molecule has 160 valence electrons. The van der Waals surface area contributed by atoms with Crippen LogP contribution in [-0.2, 0) is 9.22 Å². The van der Waals surface area contributed by atoms with Crippen molar-refractivity contribution in [2.24, 2.45) is 11.0 Å². The SMILES string of the molecule is CC1CC(=O)NN=C1c1ccc(OCC=CCO[Si](C)(C)C(C)(C)C)c(Cl)c1O. The number of rotatable bonds is 7. The lowest BCUT2D eigenvalue weighted by Gasteiger charge is -2.35. The minimum Gasteiger partial charge on any atom is -0.506 e. The Morgan fingerprint density at radius 2 is 1.97 bits per heavy atom. The van der Waals surface area contributed by atoms with E-state index in [2.05, 4.69) is 44.4 Å². The van der Waals surface area contributed by atoms with Gasteiger partial charge in [0.2, 0.25) is 5.91 Å². The molecule has 1 aromatic carbocycles. The molecule has 1 aromatic rings. The number of phenolic OH excluding ortho intramolecular Hbond substituents is 1. The average Bonchev–Trinajstić information content (AvgIpc) is 2.61. The molecule has 2 rings (SSSR count). The Kier molecular flexibility index (Phi) is 7.54. The summed E-state index contributed by atoms with van der Waals surface area (Å²) in [4.78, 5) is 11.4. The highest BCUT2D eigenvalue weighted by Crippen LogP contribution is 2.38. The molecule has 0 fully saturated rings. The lowest BCUT2D eigenvalue weighted by molar-refractivity contribution is -0.121. The van der Waals surface area contributed by atoms with Gasteiger partial charge in [-0.3, -0.25) is 4.79 Å². The molecule has 1 amide bonds. The molecule has 8 heteroatoms. The van der Waals surface area contributed by atoms with Crippen LogP contribution < -0.4 is 10.2 Å². The van der Waals surface area contributed by atoms with E-state index in [1.165, 1.54) is 0 Å². The van der Waals surface area contributed by atoms with Crippen molar-refractivity contribution in [2.75, 3.05) is 13.2 Å². The fraction of sp³-hybridized carbons (Fsp3) is 0.524. The van der Waals surface area contributed by atoms with E-state index in [-0.39, 0.29) is 27.6 Å². The van der Waals surface area contributed by atoms with Crippen LogP contribution in [0.3, 0.4) is 0 Å². The van der Waals surface area contributed by atoms with E-state index >= 15 is 0 Å². The summed E-state index contributed by atoms with van der Waals surface area (Å²) in [6.07, 6.45) is 4.12. The van der Waals surface area contributed by atoms with E-state index < -0.39 is 8.32 Å². The normalized spacial score (nSPS) is 18.0. The lowest BCUT2D eigenvalue weighted by atomic mass is 9.93. The minimum absolute atomic E-state index is 0.101. The third-order valence-corrected chi connectivity index (χ3v) is 10.3. The van der Waals surface area contributed by atoms with Crippen molar-refractivity contribution in [3.05, 3.63) is 34.9 Å². The molecule has 0 radical (unpaired) electrons. The van der Waals surface area contributed by atoms with Crippen molar-refractivity contribution in [1.82, 2.24) is 5.43 Å². The van der Waals surface area contributed by atoms with Crippen LogP contribution in [0, 0.1) is 5.92 Å². The van der Waals surface area contributed by atoms with Gasteiger partial charge in [0.25, 0.3) is 0 Å². The number of nitrogens with zero attached hydrogens (tertiary/aromatic N) is 1. The van der Waals surface area contributed by atoms with Gasteiger partial charge in [0.05, 0.1) is 12.3 Å². The first-order valence-electron chi connectivity index (χ1n) is 9.74. The van der Waals surface area contributed by atoms with Gasteiger partial charge >= 0.3 is 0 Å². The molecule has 1 unspecified atom stereocenters. The van der Waals surface area contributed by atoms with Crippen LogP contribution in [0.25, 0.3) is 0 Å². The second kappa shape index (κ2) is 9.32. The van der Waals surface area contributed by atoms with Crippen molar-refractivity contribution in [2.45, 2.75) is 52.2 Å². The topological polar surface area (TPSA) is 80.2 Å². The summed E-state index contributed by atoms with van der Waals surface area (Å²) in [5.41, 5.74) is 3.53. The van der Waals surface area contributed by atoms with Gasteiger partial charge in [0.15, 0.2) is 8.32 Å². The molecule has 1 atom stereocenters. The molecular weight excluding hydrogens is 408 g/mol. The molecule has 0 aromatic heterocycles. The molecule has 0 spiro atoms. The smallest absolute Gasteiger partial charge is 0.240 e. The summed E-state index contributed by atoms with van der Waals surface area (Å²) in [6, 6.07) is 3.40. The van der Waals surface area contributed by atoms with E-state index in [0.29, 0.717) is 36.7 Å². The molecule has 0 saturated heterocycles. The summed E-state index contributed by atoms with van der Waals surface area (Å²) >= 11 is 6.28. The van der Waals surface area contributed by atoms with Gasteiger partial charge in [-0.05, 0) is 36.3 Å². The highest BCUT2D eigenvalue weighted by molar-refractivity contribution is 6.74. The number of hydrazone groups is 1. The van der Waals surface area contributed by atoms with Gasteiger partial charge in [0.1, 0.15) is 23.1 Å². The number of hydrogen-bond donors (Lipinski definition) is 2. The zero-order valence-corrected chi connectivity index (χ0v) is 19.8. The predicted molar refractivity (Wildman–Crippen MR) is 119 cm³/mol. The minimum atomic E-state index is -1.76. The molecule has 2 N–H and O–H groups in total. The Balaban J connectivity index is 1.96. The van der Waals surface area contributed by atoms with E-state index in [4.69, 9.17) is 20.8 Å². The van der Waals surface area contributed by atoms with Gasteiger partial charge < -0.3 is 14.3 Å². The van der Waals surface area contributed by atoms with Crippen molar-refractivity contribution < 1.29 is 19.1 Å². The number of carbonyl (C=O) groups is 1. The first kappa shape index (κ1) is 23.4. The van der Waals surface area contributed by atoms with Gasteiger partial charge in [-0.25, -0.2) is 5.43 Å². The molecule has 0 saturated carbocycles. The Hall–Kier alpha value is -1.83. The maximum atomic E-state index is 11.4. The van der Waals surface area contributed by atoms with Gasteiger partial charge in [0, 0.05) is 17.9 Å². The van der Waals surface area contributed by atoms with Gasteiger partial charge in [-0.15, -0.1) is 0 Å². The zero-order chi connectivity index (χ0) is 21.8. The predicted octanol–water partition coefficient (Wildman–Crippen LogP) is 4.86. The molecule has 0 bridgehead atoms. The molecule has 0 aliphatic carbocycles. The van der Waals surface area contributed by atoms with Gasteiger partial charge in [-0.1, -0.05) is 45.4 Å². The van der Waals surface area contributed by atoms with Crippen molar-refractivity contribution >= 4 is 31.5 Å². The number of carbonyl (C=O) groups excluding carboxylic acids is 1. The fourth-order valence-corrected chi connectivity index (χ4v) is 3.76. The number of amides is 1. The van der Waals surface area contributed by atoms with Crippen LogP contribution in [0.15, 0.2) is 29.4 Å². The Bertz CT molecular complexity index is 816. The highest BCUT2D eigenvalue weighted by Gasteiger charge is 2.36.